The van der Waals surface area contributed by atoms with Crippen molar-refractivity contribution in [3.8, 4) is 17.6 Å². The maximum Gasteiger partial charge on any atom is 0.263 e. The number of aryl methyl sites for hydroxylation is 1. The molecule has 3 aliphatic heterocycles. The fourth-order valence-electron chi connectivity index (χ4n) is 8.61. The highest BCUT2D eigenvalue weighted by molar-refractivity contribution is 7.84. The Balaban J connectivity index is 1.25. The molecule has 1 N–H and O–H groups in total. The Morgan fingerprint density at radius 2 is 1.98 bits per heavy atom. The minimum Gasteiger partial charge on any atom is -0.491 e. The molecule has 6 unspecified atom stereocenters. The van der Waals surface area contributed by atoms with E-state index in [1.165, 1.54) is 11.1 Å². The molecule has 0 spiro atoms. The third-order valence-corrected chi connectivity index (χ3v) is 13.3. The number of nitrogens with one attached hydrogen (secondary N) is 1. The van der Waals surface area contributed by atoms with Gasteiger partial charge in [0.2, 0.25) is 0 Å². The van der Waals surface area contributed by atoms with Gasteiger partial charge in [0, 0.05) is 93.1 Å². The molecule has 4 aliphatic rings. The number of carbonyl (C=O) groups excluding carboxylic acids is 1. The number of hydrogen-bond acceptors (Lipinski definition) is 8. The van der Waals surface area contributed by atoms with Crippen LogP contribution in [0.1, 0.15) is 87.2 Å². The van der Waals surface area contributed by atoms with Gasteiger partial charge in [-0.2, -0.15) is 0 Å². The SMILES string of the molecule is CC/C=C/C(C#CCCN1CCN2CCOCC2C1)(OC)C1CCC1CN1CC(c2ccc(Cl)cc2CCC)COc2ccc(C(=O)NS(=O)C(C)C)cc21. The van der Waals surface area contributed by atoms with E-state index in [0.717, 1.165) is 107 Å². The number of anilines is 1. The van der Waals surface area contributed by atoms with Crippen LogP contribution in [0.25, 0.3) is 0 Å². The summed E-state index contributed by atoms with van der Waals surface area (Å²) in [6, 6.07) is 12.3. The van der Waals surface area contributed by atoms with Crippen LogP contribution in [0, 0.1) is 23.7 Å². The first-order chi connectivity index (χ1) is 26.6. The Morgan fingerprint density at radius 3 is 2.73 bits per heavy atom. The third-order valence-electron chi connectivity index (χ3n) is 11.8. The van der Waals surface area contributed by atoms with E-state index < -0.39 is 16.6 Å². The zero-order valence-electron chi connectivity index (χ0n) is 33.5. The van der Waals surface area contributed by atoms with Crippen molar-refractivity contribution in [3.05, 3.63) is 70.3 Å². The van der Waals surface area contributed by atoms with Crippen LogP contribution >= 0.6 is 11.6 Å². The van der Waals surface area contributed by atoms with Crippen LogP contribution < -0.4 is 14.4 Å². The Bertz CT molecular complexity index is 1740. The van der Waals surface area contributed by atoms with Gasteiger partial charge in [-0.05, 0) is 93.0 Å². The zero-order chi connectivity index (χ0) is 39.0. The van der Waals surface area contributed by atoms with E-state index in [9.17, 15) is 9.00 Å². The maximum absolute atomic E-state index is 13.3. The summed E-state index contributed by atoms with van der Waals surface area (Å²) in [4.78, 5) is 20.9. The van der Waals surface area contributed by atoms with Gasteiger partial charge >= 0.3 is 0 Å². The van der Waals surface area contributed by atoms with Crippen molar-refractivity contribution in [2.45, 2.75) is 89.0 Å². The maximum atomic E-state index is 13.3. The van der Waals surface area contributed by atoms with Crippen LogP contribution in [-0.4, -0.2) is 110 Å². The summed E-state index contributed by atoms with van der Waals surface area (Å²) in [6.45, 7) is 16.8. The highest BCUT2D eigenvalue weighted by Gasteiger charge is 2.47. The first kappa shape index (κ1) is 41.7. The molecule has 11 heteroatoms. The van der Waals surface area contributed by atoms with E-state index in [4.69, 9.17) is 25.8 Å². The number of ether oxygens (including phenoxy) is 3. The highest BCUT2D eigenvalue weighted by Crippen LogP contribution is 2.47. The Labute approximate surface area is 337 Å². The molecule has 2 aromatic rings. The lowest BCUT2D eigenvalue weighted by Crippen LogP contribution is -2.58. The molecule has 1 amide bonds. The van der Waals surface area contributed by atoms with E-state index >= 15 is 0 Å². The molecule has 1 saturated carbocycles. The van der Waals surface area contributed by atoms with Gasteiger partial charge in [0.1, 0.15) is 22.3 Å². The second-order valence-electron chi connectivity index (χ2n) is 15.8. The van der Waals surface area contributed by atoms with Gasteiger partial charge in [-0.1, -0.05) is 55.9 Å². The van der Waals surface area contributed by atoms with Gasteiger partial charge in [0.05, 0.1) is 25.5 Å². The summed E-state index contributed by atoms with van der Waals surface area (Å²) < 4.78 is 34.0. The molecule has 3 fully saturated rings. The quantitative estimate of drug-likeness (QED) is 0.164. The molecule has 6 atom stereocenters. The normalized spacial score (nSPS) is 24.7. The van der Waals surface area contributed by atoms with Gasteiger partial charge in [-0.3, -0.25) is 19.3 Å². The molecular weight excluding hydrogens is 732 g/mol. The van der Waals surface area contributed by atoms with Gasteiger partial charge in [-0.15, -0.1) is 0 Å². The second kappa shape index (κ2) is 19.5. The minimum absolute atomic E-state index is 0.0875. The van der Waals surface area contributed by atoms with E-state index in [1.54, 1.807) is 13.2 Å². The van der Waals surface area contributed by atoms with Gasteiger partial charge in [-0.25, -0.2) is 4.21 Å². The topological polar surface area (TPSA) is 83.6 Å². The number of morpholine rings is 1. The lowest BCUT2D eigenvalue weighted by atomic mass is 9.64. The molecule has 2 saturated heterocycles. The summed E-state index contributed by atoms with van der Waals surface area (Å²) in [7, 11) is 0.326. The van der Waals surface area contributed by atoms with Gasteiger partial charge in [0.25, 0.3) is 5.91 Å². The van der Waals surface area contributed by atoms with Crippen LogP contribution in [0.3, 0.4) is 0 Å². The minimum atomic E-state index is -1.48. The van der Waals surface area contributed by atoms with Crippen molar-refractivity contribution < 1.29 is 23.2 Å². The molecule has 0 aromatic heterocycles. The number of halogens is 1. The van der Waals surface area contributed by atoms with E-state index in [0.29, 0.717) is 30.7 Å². The molecule has 0 bridgehead atoms. The Kier molecular flexibility index (Phi) is 14.8. The number of benzene rings is 2. The molecule has 300 valence electrons. The van der Waals surface area contributed by atoms with Crippen molar-refractivity contribution in [1.82, 2.24) is 14.5 Å². The third kappa shape index (κ3) is 10.2. The number of nitrogens with zero attached hydrogens (tertiary/aromatic N) is 3. The van der Waals surface area contributed by atoms with Crippen LogP contribution in [0.2, 0.25) is 5.02 Å². The molecular formula is C44H61ClN4O5S. The molecule has 9 nitrogen and oxygen atoms in total. The first-order valence-electron chi connectivity index (χ1n) is 20.4. The second-order valence-corrected chi connectivity index (χ2v) is 18.0. The average molecular weight is 794 g/mol. The number of hydrogen-bond donors (Lipinski definition) is 1. The Morgan fingerprint density at radius 1 is 1.13 bits per heavy atom. The summed E-state index contributed by atoms with van der Waals surface area (Å²) in [6.07, 6.45) is 10.1. The number of methoxy groups -OCH3 is 1. The fraction of sp³-hybridized carbons (Fsp3) is 0.614. The summed E-state index contributed by atoms with van der Waals surface area (Å²) in [5.74, 6) is 8.22. The van der Waals surface area contributed by atoms with E-state index in [1.807, 2.05) is 32.0 Å². The number of fused-ring (bicyclic) bond motifs is 2. The number of amides is 1. The van der Waals surface area contributed by atoms with Gasteiger partial charge in [0.15, 0.2) is 0 Å². The molecule has 55 heavy (non-hydrogen) atoms. The van der Waals surface area contributed by atoms with Crippen LogP contribution in [0.5, 0.6) is 5.75 Å². The standard InChI is InChI=1S/C44H61ClN4O5S/c1-6-8-18-44(52-5,19-9-10-20-47-21-22-48-23-24-53-31-38(48)29-47)40-16-12-35(40)27-49-28-36(39-15-14-37(45)25-33(39)11-7-2)30-54-42-17-13-34(26-41(42)49)43(50)46-55(51)32(3)4/h8,13-15,17-18,25-26,32,35-36,38,40H,6-7,10-12,16,20-24,27-31H2,1-5H3,(H,46,50)/b18-8+. The summed E-state index contributed by atoms with van der Waals surface area (Å²) >= 11 is 6.50. The van der Waals surface area contributed by atoms with Crippen LogP contribution in [0.15, 0.2) is 48.6 Å². The highest BCUT2D eigenvalue weighted by atomic mass is 35.5. The number of piperazine rings is 1. The largest absolute Gasteiger partial charge is 0.491 e. The molecule has 3 heterocycles. The van der Waals surface area contributed by atoms with Crippen LogP contribution in [-0.2, 0) is 26.9 Å². The zero-order valence-corrected chi connectivity index (χ0v) is 35.1. The molecule has 6 rings (SSSR count). The summed E-state index contributed by atoms with van der Waals surface area (Å²) in [5.41, 5.74) is 3.15. The van der Waals surface area contributed by atoms with Crippen molar-refractivity contribution >= 4 is 34.2 Å². The van der Waals surface area contributed by atoms with Crippen molar-refractivity contribution in [3.63, 3.8) is 0 Å². The van der Waals surface area contributed by atoms with Gasteiger partial charge < -0.3 is 19.1 Å². The van der Waals surface area contributed by atoms with E-state index in [2.05, 4.69) is 69.4 Å². The monoisotopic (exact) mass is 792 g/mol. The van der Waals surface area contributed by atoms with Crippen LogP contribution in [0.4, 0.5) is 5.69 Å². The smallest absolute Gasteiger partial charge is 0.263 e. The Hall–Kier alpha value is -2.91. The van der Waals surface area contributed by atoms with Crippen molar-refractivity contribution in [2.24, 2.45) is 11.8 Å². The molecule has 0 radical (unpaired) electrons. The average Bonchev–Trinajstić information content (AvgIpc) is 3.36. The molecule has 1 aliphatic carbocycles. The number of rotatable bonds is 14. The predicted octanol–water partition coefficient (Wildman–Crippen LogP) is 6.86. The lowest BCUT2D eigenvalue weighted by Gasteiger charge is -2.47. The van der Waals surface area contributed by atoms with Crippen molar-refractivity contribution in [1.29, 1.82) is 0 Å². The molecule has 2 aromatic carbocycles. The first-order valence-corrected chi connectivity index (χ1v) is 22.0. The fourth-order valence-corrected chi connectivity index (χ4v) is 9.34. The summed E-state index contributed by atoms with van der Waals surface area (Å²) in [5, 5.41) is 0.554. The number of allylic oxidation sites excluding steroid dienone is 1. The van der Waals surface area contributed by atoms with Crippen molar-refractivity contribution in [2.75, 3.05) is 77.6 Å². The number of carbonyl (C=O) groups is 1. The predicted molar refractivity (Wildman–Crippen MR) is 223 cm³/mol. The lowest BCUT2D eigenvalue weighted by molar-refractivity contribution is -0.0441. The van der Waals surface area contributed by atoms with E-state index in [-0.39, 0.29) is 23.0 Å².